The third kappa shape index (κ3) is 4.50. The van der Waals surface area contributed by atoms with E-state index >= 15 is 0 Å². The summed E-state index contributed by atoms with van der Waals surface area (Å²) < 4.78 is 33.3. The summed E-state index contributed by atoms with van der Waals surface area (Å²) in [7, 11) is 0. The molecule has 2 aliphatic heterocycles. The highest BCUT2D eigenvalue weighted by atomic mass is 35.5. The van der Waals surface area contributed by atoms with Gasteiger partial charge in [-0.05, 0) is 36.6 Å². The first kappa shape index (κ1) is 22.7. The number of halogens is 3. The minimum atomic E-state index is -1.03. The van der Waals surface area contributed by atoms with Crippen molar-refractivity contribution in [3.8, 4) is 0 Å². The second-order valence-corrected chi connectivity index (χ2v) is 9.53. The van der Waals surface area contributed by atoms with Gasteiger partial charge in [0.1, 0.15) is 29.0 Å². The number of carbonyl (C=O) groups excluding carboxylic acids is 2. The largest absolute Gasteiger partial charge is 0.381 e. The van der Waals surface area contributed by atoms with Crippen LogP contribution in [0.1, 0.15) is 28.9 Å². The zero-order valence-corrected chi connectivity index (χ0v) is 19.0. The van der Waals surface area contributed by atoms with Crippen LogP contribution in [0.25, 0.3) is 11.0 Å². The van der Waals surface area contributed by atoms with Crippen LogP contribution in [0.3, 0.4) is 0 Å². The molecule has 1 spiro atoms. The van der Waals surface area contributed by atoms with Crippen LogP contribution in [0.15, 0.2) is 36.5 Å². The molecule has 34 heavy (non-hydrogen) atoms. The lowest BCUT2D eigenvalue weighted by Crippen LogP contribution is -2.65. The van der Waals surface area contributed by atoms with E-state index in [1.165, 1.54) is 12.3 Å². The van der Waals surface area contributed by atoms with Crippen LogP contribution >= 0.6 is 11.6 Å². The van der Waals surface area contributed by atoms with Crippen LogP contribution in [-0.4, -0.2) is 59.0 Å². The van der Waals surface area contributed by atoms with E-state index < -0.39 is 23.6 Å². The number of nitrogens with one attached hydrogen (secondary N) is 2. The SMILES string of the molecule is O=C(N[C@@H](Cc1ccc(F)cc1F)C(=O)N1CC2(CCCOC2)C1)c1cc2cc(Cl)cnc2[nH]1. The maximum Gasteiger partial charge on any atom is 0.268 e. The van der Waals surface area contributed by atoms with Crippen LogP contribution in [0.5, 0.6) is 0 Å². The van der Waals surface area contributed by atoms with Crippen molar-refractivity contribution in [1.29, 1.82) is 0 Å². The molecule has 0 aliphatic carbocycles. The average Bonchev–Trinajstić information content (AvgIpc) is 3.22. The Morgan fingerprint density at radius 2 is 2.09 bits per heavy atom. The molecule has 0 bridgehead atoms. The standard InChI is InChI=1S/C24H23ClF2N4O3/c25-16-6-15-8-19(29-21(15)28-10-16)22(32)30-20(7-14-2-3-17(26)9-18(14)27)23(33)31-11-24(12-31)4-1-5-34-13-24/h2-3,6,8-10,20H,1,4-5,7,11-13H2,(H,28,29)(H,30,32)/t20-/m0/s1. The van der Waals surface area contributed by atoms with Crippen LogP contribution in [0, 0.1) is 17.0 Å². The number of hydrogen-bond donors (Lipinski definition) is 2. The normalized spacial score (nSPS) is 18.0. The lowest BCUT2D eigenvalue weighted by molar-refractivity contribution is -0.155. The molecule has 2 fully saturated rings. The minimum absolute atomic E-state index is 0.0499. The monoisotopic (exact) mass is 488 g/mol. The zero-order chi connectivity index (χ0) is 23.9. The first-order chi connectivity index (χ1) is 16.3. The van der Waals surface area contributed by atoms with Crippen molar-refractivity contribution in [2.75, 3.05) is 26.3 Å². The zero-order valence-electron chi connectivity index (χ0n) is 18.2. The Hall–Kier alpha value is -3.04. The summed E-state index contributed by atoms with van der Waals surface area (Å²) in [6.45, 7) is 2.38. The van der Waals surface area contributed by atoms with E-state index in [-0.39, 0.29) is 29.0 Å². The highest BCUT2D eigenvalue weighted by molar-refractivity contribution is 6.31. The van der Waals surface area contributed by atoms with Gasteiger partial charge in [-0.2, -0.15) is 0 Å². The topological polar surface area (TPSA) is 87.3 Å². The Morgan fingerprint density at radius 3 is 2.82 bits per heavy atom. The molecule has 10 heteroatoms. The molecule has 0 unspecified atom stereocenters. The van der Waals surface area contributed by atoms with E-state index in [2.05, 4.69) is 15.3 Å². The number of carbonyl (C=O) groups is 2. The maximum absolute atomic E-state index is 14.4. The highest BCUT2D eigenvalue weighted by Gasteiger charge is 2.47. The van der Waals surface area contributed by atoms with Crippen molar-refractivity contribution >= 4 is 34.4 Å². The van der Waals surface area contributed by atoms with E-state index in [0.29, 0.717) is 35.8 Å². The number of aromatic amines is 1. The van der Waals surface area contributed by atoms with E-state index in [4.69, 9.17) is 16.3 Å². The smallest absolute Gasteiger partial charge is 0.268 e. The average molecular weight is 489 g/mol. The number of aromatic nitrogens is 2. The van der Waals surface area contributed by atoms with E-state index in [9.17, 15) is 18.4 Å². The van der Waals surface area contributed by atoms with Crippen LogP contribution in [0.2, 0.25) is 5.02 Å². The Morgan fingerprint density at radius 1 is 1.26 bits per heavy atom. The molecule has 1 atom stereocenters. The number of likely N-dealkylation sites (tertiary alicyclic amines) is 1. The fourth-order valence-corrected chi connectivity index (χ4v) is 4.92. The first-order valence-electron chi connectivity index (χ1n) is 11.1. The van der Waals surface area contributed by atoms with Crippen LogP contribution in [0.4, 0.5) is 8.78 Å². The Balaban J connectivity index is 1.36. The number of benzene rings is 1. The summed E-state index contributed by atoms with van der Waals surface area (Å²) in [6.07, 6.45) is 3.27. The molecule has 0 radical (unpaired) electrons. The van der Waals surface area contributed by atoms with Crippen LogP contribution in [-0.2, 0) is 16.0 Å². The Kier molecular flexibility index (Phi) is 5.99. The summed E-state index contributed by atoms with van der Waals surface area (Å²) in [5.41, 5.74) is 0.763. The minimum Gasteiger partial charge on any atom is -0.381 e. The highest BCUT2D eigenvalue weighted by Crippen LogP contribution is 2.38. The van der Waals surface area contributed by atoms with Gasteiger partial charge in [0, 0.05) is 49.2 Å². The van der Waals surface area contributed by atoms with E-state index in [0.717, 1.165) is 31.6 Å². The van der Waals surface area contributed by atoms with Crippen molar-refractivity contribution in [1.82, 2.24) is 20.2 Å². The molecule has 5 rings (SSSR count). The summed E-state index contributed by atoms with van der Waals surface area (Å²) >= 11 is 5.97. The molecule has 2 N–H and O–H groups in total. The van der Waals surface area contributed by atoms with Gasteiger partial charge < -0.3 is 19.9 Å². The summed E-state index contributed by atoms with van der Waals surface area (Å²) in [6, 6.07) is 5.41. The van der Waals surface area contributed by atoms with Gasteiger partial charge in [-0.3, -0.25) is 9.59 Å². The third-order valence-electron chi connectivity index (χ3n) is 6.49. The van der Waals surface area contributed by atoms with Crippen LogP contribution < -0.4 is 5.32 Å². The summed E-state index contributed by atoms with van der Waals surface area (Å²) in [5.74, 6) is -2.33. The molecule has 178 valence electrons. The molecule has 0 saturated carbocycles. The van der Waals surface area contributed by atoms with Crippen molar-refractivity contribution in [3.05, 3.63) is 64.4 Å². The summed E-state index contributed by atoms with van der Waals surface area (Å²) in [4.78, 5) is 35.1. The number of ether oxygens (including phenoxy) is 1. The van der Waals surface area contributed by atoms with Gasteiger partial charge in [-0.1, -0.05) is 17.7 Å². The molecule has 7 nitrogen and oxygen atoms in total. The maximum atomic E-state index is 14.4. The second kappa shape index (κ2) is 8.96. The van der Waals surface area contributed by atoms with E-state index in [1.807, 2.05) is 0 Å². The molecule has 1 aromatic carbocycles. The van der Waals surface area contributed by atoms with Crippen molar-refractivity contribution in [3.63, 3.8) is 0 Å². The van der Waals surface area contributed by atoms with Crippen molar-refractivity contribution in [2.24, 2.45) is 5.41 Å². The predicted molar refractivity (Wildman–Crippen MR) is 121 cm³/mol. The molecule has 2 amide bonds. The Labute approximate surface area is 199 Å². The third-order valence-corrected chi connectivity index (χ3v) is 6.70. The van der Waals surface area contributed by atoms with Crippen molar-refractivity contribution < 1.29 is 23.1 Å². The number of hydrogen-bond acceptors (Lipinski definition) is 4. The number of nitrogens with zero attached hydrogens (tertiary/aromatic N) is 2. The summed E-state index contributed by atoms with van der Waals surface area (Å²) in [5, 5.41) is 3.80. The fourth-order valence-electron chi connectivity index (χ4n) is 4.75. The molecule has 2 aliphatic rings. The van der Waals surface area contributed by atoms with Gasteiger partial charge >= 0.3 is 0 Å². The lowest BCUT2D eigenvalue weighted by Gasteiger charge is -2.52. The van der Waals surface area contributed by atoms with Gasteiger partial charge in [0.05, 0.1) is 11.6 Å². The van der Waals surface area contributed by atoms with Crippen molar-refractivity contribution in [2.45, 2.75) is 25.3 Å². The number of pyridine rings is 1. The Bertz CT molecular complexity index is 1250. The van der Waals surface area contributed by atoms with E-state index in [1.54, 1.807) is 17.0 Å². The molecular weight excluding hydrogens is 466 g/mol. The van der Waals surface area contributed by atoms with Gasteiger partial charge in [0.15, 0.2) is 0 Å². The molecule has 2 aromatic heterocycles. The fraction of sp³-hybridized carbons (Fsp3) is 0.375. The molecule has 4 heterocycles. The molecule has 3 aromatic rings. The number of amides is 2. The molecular formula is C24H23ClF2N4O3. The van der Waals surface area contributed by atoms with Gasteiger partial charge in [0.2, 0.25) is 5.91 Å². The lowest BCUT2D eigenvalue weighted by atomic mass is 9.75. The number of H-pyrrole nitrogens is 1. The predicted octanol–water partition coefficient (Wildman–Crippen LogP) is 3.47. The number of rotatable bonds is 5. The molecule has 2 saturated heterocycles. The quantitative estimate of drug-likeness (QED) is 0.575. The van der Waals surface area contributed by atoms with Gasteiger partial charge in [-0.15, -0.1) is 0 Å². The van der Waals surface area contributed by atoms with Gasteiger partial charge in [0.25, 0.3) is 5.91 Å². The van der Waals surface area contributed by atoms with Gasteiger partial charge in [-0.25, -0.2) is 13.8 Å². The first-order valence-corrected chi connectivity index (χ1v) is 11.5. The second-order valence-electron chi connectivity index (χ2n) is 9.09. The number of fused-ring (bicyclic) bond motifs is 1.